The van der Waals surface area contributed by atoms with Gasteiger partial charge < -0.3 is 20.6 Å². The van der Waals surface area contributed by atoms with E-state index in [0.717, 1.165) is 26.1 Å². The second-order valence-corrected chi connectivity index (χ2v) is 5.04. The molecule has 0 heterocycles. The van der Waals surface area contributed by atoms with E-state index in [9.17, 15) is 9.90 Å². The average Bonchev–Trinajstić information content (AvgIpc) is 2.49. The van der Waals surface area contributed by atoms with Crippen LogP contribution in [0.25, 0.3) is 0 Å². The van der Waals surface area contributed by atoms with E-state index < -0.39 is 0 Å². The zero-order chi connectivity index (χ0) is 15.8. The van der Waals surface area contributed by atoms with Gasteiger partial charge in [0.05, 0.1) is 5.56 Å². The molecule has 0 bridgehead atoms. The van der Waals surface area contributed by atoms with Crippen molar-refractivity contribution in [3.8, 4) is 5.75 Å². The van der Waals surface area contributed by atoms with Crippen LogP contribution >= 0.6 is 0 Å². The molecule has 1 aromatic carbocycles. The summed E-state index contributed by atoms with van der Waals surface area (Å²) in [5.41, 5.74) is 6.61. The van der Waals surface area contributed by atoms with Crippen LogP contribution < -0.4 is 5.73 Å². The number of hydrogen-bond acceptors (Lipinski definition) is 4. The minimum Gasteiger partial charge on any atom is -0.508 e. The quantitative estimate of drug-likeness (QED) is 0.569. The first-order valence-corrected chi connectivity index (χ1v) is 7.63. The van der Waals surface area contributed by atoms with Crippen molar-refractivity contribution in [1.82, 2.24) is 9.80 Å². The van der Waals surface area contributed by atoms with E-state index in [2.05, 4.69) is 18.7 Å². The van der Waals surface area contributed by atoms with Crippen molar-refractivity contribution in [1.29, 1.82) is 0 Å². The van der Waals surface area contributed by atoms with Crippen LogP contribution in [0.15, 0.2) is 18.2 Å². The molecule has 0 saturated heterocycles. The number of hydrogen-bond donors (Lipinski definition) is 2. The second-order valence-electron chi connectivity index (χ2n) is 5.04. The van der Waals surface area contributed by atoms with Crippen LogP contribution in [0.2, 0.25) is 0 Å². The third-order valence-corrected chi connectivity index (χ3v) is 3.73. The first-order chi connectivity index (χ1) is 10.0. The predicted molar refractivity (Wildman–Crippen MR) is 86.5 cm³/mol. The normalized spacial score (nSPS) is 10.9. The minimum absolute atomic E-state index is 0.0618. The van der Waals surface area contributed by atoms with Gasteiger partial charge in [0.15, 0.2) is 0 Å². The molecule has 0 spiro atoms. The summed E-state index contributed by atoms with van der Waals surface area (Å²) < 4.78 is 0. The molecule has 0 aliphatic rings. The molecule has 1 aromatic rings. The topological polar surface area (TPSA) is 69.8 Å². The van der Waals surface area contributed by atoms with Crippen LogP contribution in [0.5, 0.6) is 5.75 Å². The highest BCUT2D eigenvalue weighted by Gasteiger charge is 2.17. The Morgan fingerprint density at radius 3 is 2.38 bits per heavy atom. The molecule has 0 aliphatic heterocycles. The van der Waals surface area contributed by atoms with Gasteiger partial charge in [-0.1, -0.05) is 13.8 Å². The lowest BCUT2D eigenvalue weighted by atomic mass is 10.1. The van der Waals surface area contributed by atoms with Crippen LogP contribution in [-0.2, 0) is 0 Å². The Hall–Kier alpha value is -1.75. The number of phenols is 1. The number of nitrogen functional groups attached to an aromatic ring is 1. The third-order valence-electron chi connectivity index (χ3n) is 3.73. The maximum atomic E-state index is 12.5. The standard InChI is InChI=1S/C16H27N3O2/c1-4-18(5-2)10-7-11-19(6-3)16(21)14-12-13(20)8-9-15(14)17/h8-9,12,20H,4-7,10-11,17H2,1-3H3. The zero-order valence-corrected chi connectivity index (χ0v) is 13.3. The monoisotopic (exact) mass is 293 g/mol. The van der Waals surface area contributed by atoms with Crippen LogP contribution in [-0.4, -0.2) is 53.5 Å². The highest BCUT2D eigenvalue weighted by Crippen LogP contribution is 2.20. The molecule has 0 aromatic heterocycles. The predicted octanol–water partition coefficient (Wildman–Crippen LogP) is 2.17. The Bertz CT molecular complexity index is 459. The summed E-state index contributed by atoms with van der Waals surface area (Å²) in [5, 5.41) is 9.52. The van der Waals surface area contributed by atoms with Crippen molar-refractivity contribution >= 4 is 11.6 Å². The van der Waals surface area contributed by atoms with E-state index in [4.69, 9.17) is 5.73 Å². The van der Waals surface area contributed by atoms with Crippen LogP contribution in [0, 0.1) is 0 Å². The van der Waals surface area contributed by atoms with Gasteiger partial charge in [0, 0.05) is 18.8 Å². The number of phenolic OH excluding ortho intramolecular Hbond substituents is 1. The molecular formula is C16H27N3O2. The average molecular weight is 293 g/mol. The maximum Gasteiger partial charge on any atom is 0.256 e. The van der Waals surface area contributed by atoms with Crippen molar-refractivity contribution in [3.63, 3.8) is 0 Å². The van der Waals surface area contributed by atoms with E-state index in [-0.39, 0.29) is 11.7 Å². The highest BCUT2D eigenvalue weighted by molar-refractivity contribution is 5.99. The number of aromatic hydroxyl groups is 1. The number of carbonyl (C=O) groups excluding carboxylic acids is 1. The summed E-state index contributed by atoms with van der Waals surface area (Å²) >= 11 is 0. The van der Waals surface area contributed by atoms with Gasteiger partial charge in [0.2, 0.25) is 0 Å². The lowest BCUT2D eigenvalue weighted by molar-refractivity contribution is 0.0758. The van der Waals surface area contributed by atoms with Gasteiger partial charge >= 0.3 is 0 Å². The van der Waals surface area contributed by atoms with E-state index in [1.165, 1.54) is 12.1 Å². The first kappa shape index (κ1) is 17.3. The fourth-order valence-electron chi connectivity index (χ4n) is 2.33. The summed E-state index contributed by atoms with van der Waals surface area (Å²) in [4.78, 5) is 16.6. The van der Waals surface area contributed by atoms with Crippen LogP contribution in [0.3, 0.4) is 0 Å². The number of rotatable bonds is 8. The summed E-state index contributed by atoms with van der Waals surface area (Å²) in [5.74, 6) is -0.0582. The van der Waals surface area contributed by atoms with Crippen LogP contribution in [0.4, 0.5) is 5.69 Å². The number of benzene rings is 1. The van der Waals surface area contributed by atoms with Crippen molar-refractivity contribution in [2.45, 2.75) is 27.2 Å². The number of amides is 1. The summed E-state index contributed by atoms with van der Waals surface area (Å²) in [6, 6.07) is 4.49. The molecule has 3 N–H and O–H groups in total. The number of carbonyl (C=O) groups is 1. The van der Waals surface area contributed by atoms with E-state index in [0.29, 0.717) is 24.3 Å². The van der Waals surface area contributed by atoms with Crippen molar-refractivity contribution in [3.05, 3.63) is 23.8 Å². The molecule has 1 rings (SSSR count). The van der Waals surface area contributed by atoms with E-state index in [1.807, 2.05) is 6.92 Å². The van der Waals surface area contributed by atoms with E-state index in [1.54, 1.807) is 11.0 Å². The molecule has 0 saturated carbocycles. The smallest absolute Gasteiger partial charge is 0.256 e. The Kier molecular flexibility index (Phi) is 7.02. The zero-order valence-electron chi connectivity index (χ0n) is 13.3. The van der Waals surface area contributed by atoms with Crippen molar-refractivity contribution in [2.24, 2.45) is 0 Å². The van der Waals surface area contributed by atoms with Crippen LogP contribution in [0.1, 0.15) is 37.6 Å². The van der Waals surface area contributed by atoms with Crippen molar-refractivity contribution in [2.75, 3.05) is 38.5 Å². The molecule has 0 aliphatic carbocycles. The fraction of sp³-hybridized carbons (Fsp3) is 0.562. The second kappa shape index (κ2) is 8.52. The highest BCUT2D eigenvalue weighted by atomic mass is 16.3. The molecule has 21 heavy (non-hydrogen) atoms. The van der Waals surface area contributed by atoms with Gasteiger partial charge in [0.1, 0.15) is 5.75 Å². The van der Waals surface area contributed by atoms with Gasteiger partial charge in [0.25, 0.3) is 5.91 Å². The molecule has 0 atom stereocenters. The van der Waals surface area contributed by atoms with E-state index >= 15 is 0 Å². The maximum absolute atomic E-state index is 12.5. The van der Waals surface area contributed by atoms with Gasteiger partial charge in [-0.15, -0.1) is 0 Å². The third kappa shape index (κ3) is 4.93. The minimum atomic E-state index is -0.120. The Morgan fingerprint density at radius 1 is 1.14 bits per heavy atom. The molecule has 0 unspecified atom stereocenters. The summed E-state index contributed by atoms with van der Waals surface area (Å²) in [6.07, 6.45) is 0.931. The first-order valence-electron chi connectivity index (χ1n) is 7.63. The summed E-state index contributed by atoms with van der Waals surface area (Å²) in [7, 11) is 0. The number of nitrogens with two attached hydrogens (primary N) is 1. The van der Waals surface area contributed by atoms with Gasteiger partial charge in [-0.2, -0.15) is 0 Å². The largest absolute Gasteiger partial charge is 0.508 e. The molecule has 0 fully saturated rings. The molecule has 0 radical (unpaired) electrons. The Balaban J connectivity index is 2.67. The molecule has 5 heteroatoms. The number of anilines is 1. The van der Waals surface area contributed by atoms with Crippen molar-refractivity contribution < 1.29 is 9.90 Å². The molecule has 118 valence electrons. The molecular weight excluding hydrogens is 266 g/mol. The fourth-order valence-corrected chi connectivity index (χ4v) is 2.33. The van der Waals surface area contributed by atoms with Gasteiger partial charge in [-0.3, -0.25) is 4.79 Å². The molecule has 5 nitrogen and oxygen atoms in total. The SMILES string of the molecule is CCN(CC)CCCN(CC)C(=O)c1cc(O)ccc1N. The number of nitrogens with zero attached hydrogens (tertiary/aromatic N) is 2. The Morgan fingerprint density at radius 2 is 1.81 bits per heavy atom. The Labute approximate surface area is 127 Å². The van der Waals surface area contributed by atoms with Gasteiger partial charge in [-0.25, -0.2) is 0 Å². The summed E-state index contributed by atoms with van der Waals surface area (Å²) in [6.45, 7) is 10.6. The van der Waals surface area contributed by atoms with Gasteiger partial charge in [-0.05, 0) is 51.2 Å². The lowest BCUT2D eigenvalue weighted by Gasteiger charge is -2.24. The molecule has 1 amide bonds. The lowest BCUT2D eigenvalue weighted by Crippen LogP contribution is -2.34.